The van der Waals surface area contributed by atoms with Crippen molar-refractivity contribution < 1.29 is 31.6 Å². The fraction of sp³-hybridized carbons (Fsp3) is 0.308. The number of piperidine rings is 1. The van der Waals surface area contributed by atoms with Gasteiger partial charge >= 0.3 is 0 Å². The van der Waals surface area contributed by atoms with Crippen molar-refractivity contribution >= 4 is 28.1 Å². The third kappa shape index (κ3) is 5.23. The van der Waals surface area contributed by atoms with Crippen LogP contribution in [0.15, 0.2) is 51.9 Å². The van der Waals surface area contributed by atoms with Gasteiger partial charge in [0.1, 0.15) is 11.5 Å². The van der Waals surface area contributed by atoms with Crippen LogP contribution < -0.4 is 14.8 Å². The topological polar surface area (TPSA) is 111 Å². The summed E-state index contributed by atoms with van der Waals surface area (Å²) < 4.78 is 58.4. The van der Waals surface area contributed by atoms with Gasteiger partial charge in [0.2, 0.25) is 22.7 Å². The Morgan fingerprint density at radius 3 is 2.84 bits per heavy atom. The average molecular weight is 528 g/mol. The molecule has 5 rings (SSSR count). The third-order valence-corrected chi connectivity index (χ3v) is 8.43. The Bertz CT molecular complexity index is 1450. The Balaban J connectivity index is 1.28. The van der Waals surface area contributed by atoms with Gasteiger partial charge < -0.3 is 19.3 Å². The molecule has 0 saturated carbocycles. The maximum atomic E-state index is 14.0. The van der Waals surface area contributed by atoms with Crippen LogP contribution in [-0.4, -0.2) is 43.7 Å². The van der Waals surface area contributed by atoms with E-state index in [1.165, 1.54) is 29.4 Å². The van der Waals surface area contributed by atoms with E-state index in [1.54, 1.807) is 24.3 Å². The number of nitrogens with zero attached hydrogens (tertiary/aromatic N) is 2. The number of ether oxygens (including phenoxy) is 2. The van der Waals surface area contributed by atoms with Gasteiger partial charge in [-0.2, -0.15) is 4.31 Å². The van der Waals surface area contributed by atoms with E-state index in [4.69, 9.17) is 14.0 Å². The van der Waals surface area contributed by atoms with Gasteiger partial charge in [0.25, 0.3) is 0 Å². The number of amides is 1. The lowest BCUT2D eigenvalue weighted by Crippen LogP contribution is -2.45. The summed E-state index contributed by atoms with van der Waals surface area (Å²) in [5, 5.41) is 6.73. The van der Waals surface area contributed by atoms with Crippen LogP contribution in [0.4, 0.5) is 4.39 Å². The monoisotopic (exact) mass is 527 g/mol. The zero-order valence-electron chi connectivity index (χ0n) is 20.1. The third-order valence-electron chi connectivity index (χ3n) is 6.41. The highest BCUT2D eigenvalue weighted by atomic mass is 32.2. The molecule has 1 saturated heterocycles. The standard InChI is InChI=1S/C26H26FN3O6S/c1-17-25(23(36-29-17)11-9-19-5-2-3-7-21(19)27)37(32,33)30-12-4-6-20(15-30)26(31)28-14-18-8-10-22-24(13-18)35-16-34-22/h2-3,5,7-11,13,20H,4,6,12,14-16H2,1H3,(H,28,31). The molecule has 1 unspecified atom stereocenters. The second-order valence-electron chi connectivity index (χ2n) is 8.92. The number of carbonyl (C=O) groups excluding carboxylic acids is 1. The Hall–Kier alpha value is -3.70. The molecule has 194 valence electrons. The van der Waals surface area contributed by atoms with E-state index in [-0.39, 0.29) is 54.2 Å². The first kappa shape index (κ1) is 25.0. The van der Waals surface area contributed by atoms with E-state index >= 15 is 0 Å². The van der Waals surface area contributed by atoms with E-state index in [2.05, 4.69) is 10.5 Å². The number of benzene rings is 2. The van der Waals surface area contributed by atoms with Crippen molar-refractivity contribution in [2.45, 2.75) is 31.2 Å². The molecule has 11 heteroatoms. The summed E-state index contributed by atoms with van der Waals surface area (Å²) in [6, 6.07) is 11.6. The average Bonchev–Trinajstić information content (AvgIpc) is 3.53. The minimum absolute atomic E-state index is 0.00939. The Morgan fingerprint density at radius 1 is 1.19 bits per heavy atom. The van der Waals surface area contributed by atoms with Gasteiger partial charge in [0.05, 0.1) is 5.92 Å². The van der Waals surface area contributed by atoms with Crippen molar-refractivity contribution in [1.82, 2.24) is 14.8 Å². The van der Waals surface area contributed by atoms with Crippen LogP contribution >= 0.6 is 0 Å². The van der Waals surface area contributed by atoms with Crippen LogP contribution in [0.25, 0.3) is 12.2 Å². The Labute approximate surface area is 213 Å². The van der Waals surface area contributed by atoms with Gasteiger partial charge in [0, 0.05) is 25.2 Å². The number of sulfonamides is 1. The predicted molar refractivity (Wildman–Crippen MR) is 132 cm³/mol. The molecule has 1 N–H and O–H groups in total. The van der Waals surface area contributed by atoms with Gasteiger partial charge in [-0.1, -0.05) is 29.4 Å². The van der Waals surface area contributed by atoms with Crippen molar-refractivity contribution in [3.8, 4) is 11.5 Å². The lowest BCUT2D eigenvalue weighted by Gasteiger charge is -2.31. The van der Waals surface area contributed by atoms with Gasteiger partial charge in [-0.25, -0.2) is 12.8 Å². The van der Waals surface area contributed by atoms with Crippen molar-refractivity contribution in [1.29, 1.82) is 0 Å². The molecule has 2 aliphatic heterocycles. The first-order valence-electron chi connectivity index (χ1n) is 11.9. The normalized spacial score (nSPS) is 17.8. The molecule has 1 fully saturated rings. The predicted octanol–water partition coefficient (Wildman–Crippen LogP) is 3.74. The smallest absolute Gasteiger partial charge is 0.248 e. The number of fused-ring (bicyclic) bond motifs is 1. The van der Waals surface area contributed by atoms with Gasteiger partial charge in [-0.05, 0) is 55.7 Å². The van der Waals surface area contributed by atoms with E-state index in [0.717, 1.165) is 5.56 Å². The van der Waals surface area contributed by atoms with Crippen molar-refractivity contribution in [2.75, 3.05) is 19.9 Å². The maximum Gasteiger partial charge on any atom is 0.248 e. The van der Waals surface area contributed by atoms with Crippen LogP contribution in [0.3, 0.4) is 0 Å². The number of hydrogen-bond donors (Lipinski definition) is 1. The fourth-order valence-electron chi connectivity index (χ4n) is 4.46. The fourth-order valence-corrected chi connectivity index (χ4v) is 6.24. The second kappa shape index (κ2) is 10.3. The number of aromatic nitrogens is 1. The summed E-state index contributed by atoms with van der Waals surface area (Å²) in [6.45, 7) is 2.31. The lowest BCUT2D eigenvalue weighted by molar-refractivity contribution is -0.126. The SMILES string of the molecule is Cc1noc(C=Cc2ccccc2F)c1S(=O)(=O)N1CCCC(C(=O)NCc2ccc3c(c2)OCO3)C1. The van der Waals surface area contributed by atoms with E-state index in [9.17, 15) is 17.6 Å². The number of halogens is 1. The molecule has 3 aromatic rings. The number of hydrogen-bond acceptors (Lipinski definition) is 7. The van der Waals surface area contributed by atoms with Gasteiger partial charge in [0.15, 0.2) is 22.2 Å². The van der Waals surface area contributed by atoms with Gasteiger partial charge in [-0.15, -0.1) is 0 Å². The summed E-state index contributed by atoms with van der Waals surface area (Å²) in [5.41, 5.74) is 1.34. The van der Waals surface area contributed by atoms with E-state index in [1.807, 2.05) is 12.1 Å². The van der Waals surface area contributed by atoms with Crippen LogP contribution in [0.5, 0.6) is 11.5 Å². The quantitative estimate of drug-likeness (QED) is 0.498. The largest absolute Gasteiger partial charge is 0.454 e. The summed E-state index contributed by atoms with van der Waals surface area (Å²) in [7, 11) is -4.01. The van der Waals surface area contributed by atoms with E-state index in [0.29, 0.717) is 24.3 Å². The maximum absolute atomic E-state index is 14.0. The van der Waals surface area contributed by atoms with Crippen LogP contribution in [0.2, 0.25) is 0 Å². The number of nitrogens with one attached hydrogen (secondary N) is 1. The molecular formula is C26H26FN3O6S. The molecule has 2 aromatic carbocycles. The molecule has 2 aliphatic rings. The number of rotatable bonds is 7. The van der Waals surface area contributed by atoms with Crippen molar-refractivity contribution in [3.63, 3.8) is 0 Å². The lowest BCUT2D eigenvalue weighted by atomic mass is 9.98. The summed E-state index contributed by atoms with van der Waals surface area (Å²) >= 11 is 0. The molecule has 1 aromatic heterocycles. The van der Waals surface area contributed by atoms with Crippen molar-refractivity contribution in [3.05, 3.63) is 70.9 Å². The molecule has 37 heavy (non-hydrogen) atoms. The highest BCUT2D eigenvalue weighted by Gasteiger charge is 2.37. The van der Waals surface area contributed by atoms with E-state index < -0.39 is 21.8 Å². The van der Waals surface area contributed by atoms with Crippen molar-refractivity contribution in [2.24, 2.45) is 5.92 Å². The molecule has 1 amide bonds. The number of aryl methyl sites for hydroxylation is 1. The Morgan fingerprint density at radius 2 is 2.00 bits per heavy atom. The first-order chi connectivity index (χ1) is 17.8. The molecule has 3 heterocycles. The zero-order valence-corrected chi connectivity index (χ0v) is 21.0. The molecule has 0 aliphatic carbocycles. The van der Waals surface area contributed by atoms with Crippen LogP contribution in [0.1, 0.15) is 35.4 Å². The summed E-state index contributed by atoms with van der Waals surface area (Å²) in [5.74, 6) is 0.135. The number of carbonyl (C=O) groups is 1. The minimum Gasteiger partial charge on any atom is -0.454 e. The molecular weight excluding hydrogens is 501 g/mol. The molecule has 0 spiro atoms. The van der Waals surface area contributed by atoms with Crippen LogP contribution in [0, 0.1) is 18.7 Å². The second-order valence-corrected chi connectivity index (χ2v) is 10.8. The molecule has 9 nitrogen and oxygen atoms in total. The minimum atomic E-state index is -4.01. The molecule has 1 atom stereocenters. The highest BCUT2D eigenvalue weighted by molar-refractivity contribution is 7.89. The summed E-state index contributed by atoms with van der Waals surface area (Å²) in [6.07, 6.45) is 3.94. The summed E-state index contributed by atoms with van der Waals surface area (Å²) in [4.78, 5) is 12.8. The Kier molecular flexibility index (Phi) is 6.98. The molecule has 0 radical (unpaired) electrons. The van der Waals surface area contributed by atoms with Crippen LogP contribution in [-0.2, 0) is 21.4 Å². The first-order valence-corrected chi connectivity index (χ1v) is 13.3. The molecule has 0 bridgehead atoms. The zero-order chi connectivity index (χ0) is 26.0. The van der Waals surface area contributed by atoms with Gasteiger partial charge in [-0.3, -0.25) is 4.79 Å². The highest BCUT2D eigenvalue weighted by Crippen LogP contribution is 2.33.